The van der Waals surface area contributed by atoms with Crippen molar-refractivity contribution in [2.24, 2.45) is 0 Å². The fourth-order valence-corrected chi connectivity index (χ4v) is 7.11. The van der Waals surface area contributed by atoms with Gasteiger partial charge >= 0.3 is 0 Å². The van der Waals surface area contributed by atoms with Gasteiger partial charge in [0.25, 0.3) is 0 Å². The Hall–Kier alpha value is -6.39. The highest BCUT2D eigenvalue weighted by atomic mass is 16.3. The minimum absolute atomic E-state index is 0.850. The maximum absolute atomic E-state index is 6.55. The van der Waals surface area contributed by atoms with E-state index in [4.69, 9.17) is 14.4 Å². The SMILES string of the molecule is c1ccc(-c2nc3ccccc3c3c(-c4ccc(-c5ccc6ccc7cccnc7c6n5)cc4)c4c(cc23)oc2ccccc24)cc1. The van der Waals surface area contributed by atoms with E-state index >= 15 is 0 Å². The summed E-state index contributed by atoms with van der Waals surface area (Å²) >= 11 is 0. The quantitative estimate of drug-likeness (QED) is 0.190. The molecule has 0 aliphatic heterocycles. The summed E-state index contributed by atoms with van der Waals surface area (Å²) in [5.41, 5.74) is 10.8. The number of rotatable bonds is 3. The van der Waals surface area contributed by atoms with Crippen LogP contribution in [-0.4, -0.2) is 15.0 Å². The number of nitrogens with zero attached hydrogens (tertiary/aromatic N) is 3. The molecule has 0 aliphatic rings. The maximum atomic E-state index is 6.55. The van der Waals surface area contributed by atoms with Gasteiger partial charge in [-0.3, -0.25) is 4.98 Å². The van der Waals surface area contributed by atoms with Crippen molar-refractivity contribution >= 4 is 65.4 Å². The van der Waals surface area contributed by atoms with Gasteiger partial charge in [0, 0.05) is 60.6 Å². The van der Waals surface area contributed by atoms with Gasteiger partial charge in [-0.05, 0) is 35.9 Å². The molecule has 0 saturated carbocycles. The normalized spacial score (nSPS) is 11.8. The molecule has 0 radical (unpaired) electrons. The van der Waals surface area contributed by atoms with Crippen LogP contribution in [0.2, 0.25) is 0 Å². The Morgan fingerprint density at radius 1 is 0.447 bits per heavy atom. The highest BCUT2D eigenvalue weighted by molar-refractivity contribution is 6.27. The lowest BCUT2D eigenvalue weighted by Crippen LogP contribution is -1.93. The van der Waals surface area contributed by atoms with Crippen molar-refractivity contribution in [3.63, 3.8) is 0 Å². The average molecular weight is 600 g/mol. The lowest BCUT2D eigenvalue weighted by atomic mass is 9.89. The third-order valence-electron chi connectivity index (χ3n) is 9.28. The van der Waals surface area contributed by atoms with E-state index in [2.05, 4.69) is 126 Å². The van der Waals surface area contributed by atoms with Crippen molar-refractivity contribution in [3.8, 4) is 33.6 Å². The molecule has 0 amide bonds. The predicted molar refractivity (Wildman–Crippen MR) is 193 cm³/mol. The zero-order valence-electron chi connectivity index (χ0n) is 25.2. The summed E-state index contributed by atoms with van der Waals surface area (Å²) in [6.07, 6.45) is 1.83. The number of furan rings is 1. The molecule has 10 rings (SSSR count). The van der Waals surface area contributed by atoms with E-state index in [9.17, 15) is 0 Å². The average Bonchev–Trinajstić information content (AvgIpc) is 3.52. The van der Waals surface area contributed by atoms with Crippen LogP contribution in [0.4, 0.5) is 0 Å². The Morgan fingerprint density at radius 2 is 1.17 bits per heavy atom. The summed E-state index contributed by atoms with van der Waals surface area (Å²) < 4.78 is 6.55. The van der Waals surface area contributed by atoms with Gasteiger partial charge in [-0.25, -0.2) is 9.97 Å². The Kier molecular flexibility index (Phi) is 5.54. The smallest absolute Gasteiger partial charge is 0.136 e. The summed E-state index contributed by atoms with van der Waals surface area (Å²) in [7, 11) is 0. The molecule has 0 aliphatic carbocycles. The molecule has 6 aromatic carbocycles. The molecule has 4 aromatic heterocycles. The first-order valence-electron chi connectivity index (χ1n) is 15.8. The molecule has 0 atom stereocenters. The van der Waals surface area contributed by atoms with Crippen LogP contribution in [0.15, 0.2) is 156 Å². The molecule has 0 unspecified atom stereocenters. The molecule has 4 nitrogen and oxygen atoms in total. The second-order valence-corrected chi connectivity index (χ2v) is 12.0. The van der Waals surface area contributed by atoms with E-state index in [0.29, 0.717) is 0 Å². The van der Waals surface area contributed by atoms with Crippen molar-refractivity contribution in [2.75, 3.05) is 0 Å². The Bertz CT molecular complexity index is 2840. The standard InChI is InChI=1S/C43H25N3O/c1-2-9-28(10-3-1)41-33-25-37-40(32-13-5-7-15-36(32)47-37)38(39(33)31-12-4-6-14-35(31)46-41)27-18-16-26(17-19-27)34-23-22-30-21-20-29-11-8-24-44-42(29)43(30)45-34/h1-25H. The molecule has 0 N–H and O–H groups in total. The van der Waals surface area contributed by atoms with Crippen LogP contribution >= 0.6 is 0 Å². The highest BCUT2D eigenvalue weighted by Gasteiger charge is 2.21. The first-order chi connectivity index (χ1) is 23.3. The van der Waals surface area contributed by atoms with E-state index in [0.717, 1.165) is 93.7 Å². The van der Waals surface area contributed by atoms with Gasteiger partial charge in [0.2, 0.25) is 0 Å². The van der Waals surface area contributed by atoms with Crippen LogP contribution in [0, 0.1) is 0 Å². The molecule has 47 heavy (non-hydrogen) atoms. The zero-order chi connectivity index (χ0) is 30.9. The molecule has 0 saturated heterocycles. The third-order valence-corrected chi connectivity index (χ3v) is 9.28. The lowest BCUT2D eigenvalue weighted by molar-refractivity contribution is 0.669. The van der Waals surface area contributed by atoms with Gasteiger partial charge in [-0.2, -0.15) is 0 Å². The molecule has 218 valence electrons. The Labute approximate surface area is 269 Å². The summed E-state index contributed by atoms with van der Waals surface area (Å²) in [4.78, 5) is 15.0. The van der Waals surface area contributed by atoms with Crippen molar-refractivity contribution in [1.82, 2.24) is 15.0 Å². The number of aromatic nitrogens is 3. The molecule has 4 heteroatoms. The van der Waals surface area contributed by atoms with Gasteiger partial charge < -0.3 is 4.42 Å². The van der Waals surface area contributed by atoms with Crippen LogP contribution in [-0.2, 0) is 0 Å². The van der Waals surface area contributed by atoms with Gasteiger partial charge in [0.05, 0.1) is 27.9 Å². The van der Waals surface area contributed by atoms with Gasteiger partial charge in [0.15, 0.2) is 0 Å². The topological polar surface area (TPSA) is 51.8 Å². The number of benzene rings is 6. The van der Waals surface area contributed by atoms with Crippen molar-refractivity contribution < 1.29 is 4.42 Å². The molecule has 0 fully saturated rings. The second-order valence-electron chi connectivity index (χ2n) is 12.0. The second kappa shape index (κ2) is 10.1. The van der Waals surface area contributed by atoms with Crippen LogP contribution in [0.1, 0.15) is 0 Å². The first-order valence-corrected chi connectivity index (χ1v) is 15.8. The predicted octanol–water partition coefficient (Wildman–Crippen LogP) is 11.4. The van der Waals surface area contributed by atoms with Crippen LogP contribution < -0.4 is 0 Å². The summed E-state index contributed by atoms with van der Waals surface area (Å²) in [6.45, 7) is 0. The summed E-state index contributed by atoms with van der Waals surface area (Å²) in [6, 6.07) is 50.7. The van der Waals surface area contributed by atoms with Crippen LogP contribution in [0.25, 0.3) is 99.1 Å². The minimum atomic E-state index is 0.850. The monoisotopic (exact) mass is 599 g/mol. The van der Waals surface area contributed by atoms with E-state index in [1.807, 2.05) is 30.5 Å². The number of fused-ring (bicyclic) bond motifs is 9. The number of pyridine rings is 3. The van der Waals surface area contributed by atoms with Crippen molar-refractivity contribution in [2.45, 2.75) is 0 Å². The van der Waals surface area contributed by atoms with Crippen LogP contribution in [0.3, 0.4) is 0 Å². The van der Waals surface area contributed by atoms with Gasteiger partial charge in [0.1, 0.15) is 11.2 Å². The summed E-state index contributed by atoms with van der Waals surface area (Å²) in [5.74, 6) is 0. The van der Waals surface area contributed by atoms with Crippen molar-refractivity contribution in [1.29, 1.82) is 0 Å². The number of hydrogen-bond acceptors (Lipinski definition) is 4. The molecule has 4 heterocycles. The minimum Gasteiger partial charge on any atom is -0.456 e. The Morgan fingerprint density at radius 3 is 2.04 bits per heavy atom. The fourth-order valence-electron chi connectivity index (χ4n) is 7.11. The third kappa shape index (κ3) is 3.98. The molecule has 0 bridgehead atoms. The molecular weight excluding hydrogens is 574 g/mol. The maximum Gasteiger partial charge on any atom is 0.136 e. The number of hydrogen-bond donors (Lipinski definition) is 0. The molecular formula is C43H25N3O. The van der Waals surface area contributed by atoms with Gasteiger partial charge in [-0.15, -0.1) is 0 Å². The lowest BCUT2D eigenvalue weighted by Gasteiger charge is -2.16. The number of para-hydroxylation sites is 2. The Balaban J connectivity index is 1.26. The fraction of sp³-hybridized carbons (Fsp3) is 0. The zero-order valence-corrected chi connectivity index (χ0v) is 25.2. The highest BCUT2D eigenvalue weighted by Crippen LogP contribution is 2.46. The van der Waals surface area contributed by atoms with E-state index < -0.39 is 0 Å². The molecule has 0 spiro atoms. The van der Waals surface area contributed by atoms with Crippen molar-refractivity contribution in [3.05, 3.63) is 152 Å². The van der Waals surface area contributed by atoms with Crippen LogP contribution in [0.5, 0.6) is 0 Å². The first kappa shape index (κ1) is 25.9. The van der Waals surface area contributed by atoms with E-state index in [-0.39, 0.29) is 0 Å². The van der Waals surface area contributed by atoms with E-state index in [1.165, 1.54) is 5.39 Å². The molecule has 10 aromatic rings. The summed E-state index contributed by atoms with van der Waals surface area (Å²) in [5, 5.41) is 7.72. The van der Waals surface area contributed by atoms with Gasteiger partial charge in [-0.1, -0.05) is 115 Å². The largest absolute Gasteiger partial charge is 0.456 e. The van der Waals surface area contributed by atoms with E-state index in [1.54, 1.807) is 0 Å².